The summed E-state index contributed by atoms with van der Waals surface area (Å²) < 4.78 is 17.3. The van der Waals surface area contributed by atoms with Crippen LogP contribution in [-0.2, 0) is 23.8 Å². The Kier molecular flexibility index (Phi) is 49.5. The molecule has 0 N–H and O–H groups in total. The minimum atomic E-state index is -0.585. The molecule has 0 aliphatic carbocycles. The van der Waals surface area contributed by atoms with Gasteiger partial charge in [0.25, 0.3) is 0 Å². The molecule has 0 spiro atoms. The molecular weight excluding hydrogens is 765 g/mol. The number of esters is 2. The highest BCUT2D eigenvalue weighted by molar-refractivity contribution is 5.70. The lowest BCUT2D eigenvalue weighted by Crippen LogP contribution is -2.30. The summed E-state index contributed by atoms with van der Waals surface area (Å²) >= 11 is 0. The number of hydrogen-bond acceptors (Lipinski definition) is 5. The molecule has 0 aliphatic rings. The van der Waals surface area contributed by atoms with Gasteiger partial charge < -0.3 is 14.2 Å². The molecule has 0 saturated heterocycles. The van der Waals surface area contributed by atoms with Crippen LogP contribution in [0.5, 0.6) is 0 Å². The Morgan fingerprint density at radius 1 is 0.371 bits per heavy atom. The zero-order valence-corrected chi connectivity index (χ0v) is 40.6. The van der Waals surface area contributed by atoms with Gasteiger partial charge in [0.05, 0.1) is 6.61 Å². The smallest absolute Gasteiger partial charge is 0.306 e. The SMILES string of the molecule is CC/C=C\C/C=C\C/C=C\C/C=C\CCC(=O)OCC(COCCCCCCCCCCCC/C=C\CCCCCCCC)OC(=O)CCCCC/C=C\C/C=C\C/C=C\CC. The Morgan fingerprint density at radius 2 is 0.758 bits per heavy atom. The van der Waals surface area contributed by atoms with Crippen molar-refractivity contribution < 1.29 is 23.8 Å². The van der Waals surface area contributed by atoms with Crippen LogP contribution in [0.15, 0.2) is 97.2 Å². The molecule has 0 heterocycles. The molecule has 0 saturated carbocycles. The van der Waals surface area contributed by atoms with Crippen molar-refractivity contribution in [3.63, 3.8) is 0 Å². The number of allylic oxidation sites excluding steroid dienone is 16. The number of carbonyl (C=O) groups excluding carboxylic acids is 2. The van der Waals surface area contributed by atoms with E-state index in [9.17, 15) is 9.59 Å². The standard InChI is InChI=1S/C57H96O5/c1-4-7-10-13-16-19-22-25-26-27-28-29-30-31-34-37-40-43-46-49-52-60-53-55(62-57(59)51-48-45-42-39-36-33-24-21-18-15-12-9-6-3)54-61-56(58)50-47-44-41-38-35-32-23-20-17-14-11-8-5-2/h8-9,11-12,17-18,20-21,25-26,32-33,35-36,41,44,55H,4-7,10,13-16,19,22-24,27-31,34,37-40,42-43,45-54H2,1-3H3/b11-8-,12-9-,20-17-,21-18-,26-25-,35-32-,36-33-,44-41-. The molecule has 0 aromatic heterocycles. The van der Waals surface area contributed by atoms with E-state index in [1.54, 1.807) is 0 Å². The molecule has 0 fully saturated rings. The van der Waals surface area contributed by atoms with Crippen LogP contribution in [0.4, 0.5) is 0 Å². The summed E-state index contributed by atoms with van der Waals surface area (Å²) in [6.07, 6.45) is 70.1. The van der Waals surface area contributed by atoms with Crippen LogP contribution in [0.1, 0.15) is 226 Å². The molecule has 0 radical (unpaired) electrons. The molecule has 0 bridgehead atoms. The second kappa shape index (κ2) is 52.2. The summed E-state index contributed by atoms with van der Waals surface area (Å²) in [6, 6.07) is 0. The van der Waals surface area contributed by atoms with Gasteiger partial charge in [0, 0.05) is 19.4 Å². The van der Waals surface area contributed by atoms with E-state index in [0.717, 1.165) is 83.5 Å². The fourth-order valence-corrected chi connectivity index (χ4v) is 6.83. The first-order chi connectivity index (χ1) is 30.6. The summed E-state index contributed by atoms with van der Waals surface area (Å²) in [4.78, 5) is 25.3. The highest BCUT2D eigenvalue weighted by atomic mass is 16.6. The number of ether oxygens (including phenoxy) is 3. The number of hydrogen-bond donors (Lipinski definition) is 0. The highest BCUT2D eigenvalue weighted by Crippen LogP contribution is 2.13. The molecule has 0 amide bonds. The Bertz CT molecular complexity index is 1200. The minimum Gasteiger partial charge on any atom is -0.462 e. The predicted molar refractivity (Wildman–Crippen MR) is 270 cm³/mol. The van der Waals surface area contributed by atoms with E-state index in [4.69, 9.17) is 14.2 Å². The van der Waals surface area contributed by atoms with E-state index in [-0.39, 0.29) is 25.2 Å². The van der Waals surface area contributed by atoms with Crippen molar-refractivity contribution in [3.8, 4) is 0 Å². The first kappa shape index (κ1) is 58.8. The van der Waals surface area contributed by atoms with Crippen LogP contribution in [-0.4, -0.2) is 37.9 Å². The van der Waals surface area contributed by atoms with Crippen molar-refractivity contribution in [2.45, 2.75) is 232 Å². The molecule has 0 aromatic rings. The zero-order valence-electron chi connectivity index (χ0n) is 40.6. The van der Waals surface area contributed by atoms with Crippen LogP contribution in [0.3, 0.4) is 0 Å². The minimum absolute atomic E-state index is 0.0306. The molecule has 62 heavy (non-hydrogen) atoms. The van der Waals surface area contributed by atoms with Gasteiger partial charge in [-0.3, -0.25) is 9.59 Å². The van der Waals surface area contributed by atoms with Gasteiger partial charge in [0.1, 0.15) is 6.61 Å². The zero-order chi connectivity index (χ0) is 44.9. The molecule has 1 unspecified atom stereocenters. The molecular formula is C57H96O5. The third kappa shape index (κ3) is 49.5. The van der Waals surface area contributed by atoms with E-state index in [1.165, 1.54) is 103 Å². The van der Waals surface area contributed by atoms with Crippen molar-refractivity contribution >= 4 is 11.9 Å². The maximum absolute atomic E-state index is 12.8. The normalized spacial score (nSPS) is 13.0. The van der Waals surface area contributed by atoms with Gasteiger partial charge in [0.15, 0.2) is 6.10 Å². The quantitative estimate of drug-likeness (QED) is 0.0347. The maximum Gasteiger partial charge on any atom is 0.306 e. The van der Waals surface area contributed by atoms with Gasteiger partial charge in [-0.1, -0.05) is 208 Å². The van der Waals surface area contributed by atoms with E-state index < -0.39 is 6.10 Å². The molecule has 354 valence electrons. The molecule has 5 nitrogen and oxygen atoms in total. The molecule has 0 rings (SSSR count). The maximum atomic E-state index is 12.8. The lowest BCUT2D eigenvalue weighted by molar-refractivity contribution is -0.162. The highest BCUT2D eigenvalue weighted by Gasteiger charge is 2.17. The summed E-state index contributed by atoms with van der Waals surface area (Å²) in [5, 5.41) is 0. The number of unbranched alkanes of at least 4 members (excludes halogenated alkanes) is 19. The van der Waals surface area contributed by atoms with Gasteiger partial charge in [-0.05, 0) is 103 Å². The average Bonchev–Trinajstić information content (AvgIpc) is 3.27. The molecule has 1 atom stereocenters. The van der Waals surface area contributed by atoms with Crippen LogP contribution in [0.2, 0.25) is 0 Å². The second-order valence-electron chi connectivity index (χ2n) is 16.7. The topological polar surface area (TPSA) is 61.8 Å². The third-order valence-electron chi connectivity index (χ3n) is 10.6. The summed E-state index contributed by atoms with van der Waals surface area (Å²) in [5.41, 5.74) is 0. The Morgan fingerprint density at radius 3 is 1.24 bits per heavy atom. The first-order valence-electron chi connectivity index (χ1n) is 25.8. The largest absolute Gasteiger partial charge is 0.462 e. The lowest BCUT2D eigenvalue weighted by atomic mass is 10.1. The Balaban J connectivity index is 4.34. The van der Waals surface area contributed by atoms with Gasteiger partial charge in [-0.2, -0.15) is 0 Å². The third-order valence-corrected chi connectivity index (χ3v) is 10.6. The fourth-order valence-electron chi connectivity index (χ4n) is 6.83. The summed E-state index contributed by atoms with van der Waals surface area (Å²) in [7, 11) is 0. The van der Waals surface area contributed by atoms with Crippen molar-refractivity contribution in [1.29, 1.82) is 0 Å². The Hall–Kier alpha value is -3.18. The lowest BCUT2D eigenvalue weighted by Gasteiger charge is -2.18. The molecule has 0 aromatic carbocycles. The van der Waals surface area contributed by atoms with E-state index in [0.29, 0.717) is 25.9 Å². The molecule has 0 aliphatic heterocycles. The van der Waals surface area contributed by atoms with Gasteiger partial charge in [0.2, 0.25) is 0 Å². The fraction of sp³-hybridized carbons (Fsp3) is 0.684. The van der Waals surface area contributed by atoms with Crippen molar-refractivity contribution in [1.82, 2.24) is 0 Å². The van der Waals surface area contributed by atoms with E-state index in [2.05, 4.69) is 112 Å². The van der Waals surface area contributed by atoms with Gasteiger partial charge in [-0.25, -0.2) is 0 Å². The second-order valence-corrected chi connectivity index (χ2v) is 16.7. The Labute approximate surface area is 383 Å². The summed E-state index contributed by atoms with van der Waals surface area (Å²) in [5.74, 6) is -0.528. The van der Waals surface area contributed by atoms with Crippen LogP contribution < -0.4 is 0 Å². The number of rotatable bonds is 46. The monoisotopic (exact) mass is 861 g/mol. The molecule has 5 heteroatoms. The van der Waals surface area contributed by atoms with Crippen molar-refractivity contribution in [2.24, 2.45) is 0 Å². The van der Waals surface area contributed by atoms with Crippen molar-refractivity contribution in [3.05, 3.63) is 97.2 Å². The van der Waals surface area contributed by atoms with Gasteiger partial charge in [-0.15, -0.1) is 0 Å². The average molecular weight is 861 g/mol. The van der Waals surface area contributed by atoms with Crippen LogP contribution in [0.25, 0.3) is 0 Å². The number of carbonyl (C=O) groups is 2. The summed E-state index contributed by atoms with van der Waals surface area (Å²) in [6.45, 7) is 7.48. The first-order valence-corrected chi connectivity index (χ1v) is 25.8. The van der Waals surface area contributed by atoms with Crippen LogP contribution in [0, 0.1) is 0 Å². The van der Waals surface area contributed by atoms with E-state index in [1.807, 2.05) is 6.08 Å². The van der Waals surface area contributed by atoms with Crippen molar-refractivity contribution in [2.75, 3.05) is 19.8 Å². The van der Waals surface area contributed by atoms with E-state index >= 15 is 0 Å². The van der Waals surface area contributed by atoms with Crippen LogP contribution >= 0.6 is 0 Å². The van der Waals surface area contributed by atoms with Gasteiger partial charge >= 0.3 is 11.9 Å². The predicted octanol–water partition coefficient (Wildman–Crippen LogP) is 17.5.